The molecule has 0 spiro atoms. The van der Waals surface area contributed by atoms with Crippen molar-refractivity contribution in [1.82, 2.24) is 41.5 Å². The Hall–Kier alpha value is -8.38. The van der Waals surface area contributed by atoms with Crippen LogP contribution in [0.1, 0.15) is 88.2 Å². The molecule has 4 heterocycles. The van der Waals surface area contributed by atoms with Gasteiger partial charge in [0.15, 0.2) is 23.5 Å². The number of aliphatic hydroxyl groups is 8. The fourth-order valence-corrected chi connectivity index (χ4v) is 10.6. The summed E-state index contributed by atoms with van der Waals surface area (Å²) in [6.07, 6.45) is -15.1. The minimum atomic E-state index is -5.30. The minimum absolute atomic E-state index is 0.112. The maximum absolute atomic E-state index is 14.3. The Balaban J connectivity index is 0.000000402. The van der Waals surface area contributed by atoms with E-state index in [2.05, 4.69) is 32.2 Å². The lowest BCUT2D eigenvalue weighted by molar-refractivity contribution is -0.149. The molecular weight excluding hydrogens is 1220 g/mol. The zero-order valence-electron chi connectivity index (χ0n) is 50.1. The summed E-state index contributed by atoms with van der Waals surface area (Å²) < 4.78 is 47.4. The second kappa shape index (κ2) is 31.6. The van der Waals surface area contributed by atoms with Crippen molar-refractivity contribution >= 4 is 57.7 Å². The van der Waals surface area contributed by atoms with Crippen molar-refractivity contribution in [2.45, 2.75) is 145 Å². The highest BCUT2D eigenvalue weighted by Gasteiger charge is 2.50. The van der Waals surface area contributed by atoms with E-state index in [-0.39, 0.29) is 5.91 Å². The van der Waals surface area contributed by atoms with E-state index in [1.165, 1.54) is 26.7 Å². The quantitative estimate of drug-likeness (QED) is 0.0370. The molecular formula is C58H77N9O23S. The van der Waals surface area contributed by atoms with Crippen LogP contribution in [0, 0.1) is 11.8 Å². The van der Waals surface area contributed by atoms with Crippen molar-refractivity contribution in [3.05, 3.63) is 83.9 Å². The Labute approximate surface area is 521 Å². The number of rotatable bonds is 17. The first kappa shape index (κ1) is 71.7. The Morgan fingerprint density at radius 1 is 0.780 bits per heavy atom. The normalized spacial score (nSPS) is 25.9. The van der Waals surface area contributed by atoms with E-state index in [1.807, 2.05) is 53.1 Å². The largest absolute Gasteiger partial charge is 0.504 e. The van der Waals surface area contributed by atoms with E-state index in [4.69, 9.17) is 19.5 Å². The van der Waals surface area contributed by atoms with Crippen LogP contribution in [0.15, 0.2) is 77.3 Å². The highest BCUT2D eigenvalue weighted by atomic mass is 32.3. The highest BCUT2D eigenvalue weighted by molar-refractivity contribution is 7.81. The van der Waals surface area contributed by atoms with Gasteiger partial charge in [-0.3, -0.25) is 42.9 Å². The average Bonchev–Trinajstić information content (AvgIpc) is 1.83. The van der Waals surface area contributed by atoms with E-state index in [1.54, 1.807) is 19.2 Å². The number of nitrogens with zero attached hydrogens (tertiary/aromatic N) is 3. The highest BCUT2D eigenvalue weighted by Crippen LogP contribution is 2.34. The van der Waals surface area contributed by atoms with Crippen LogP contribution >= 0.6 is 0 Å². The van der Waals surface area contributed by atoms with Crippen LogP contribution < -0.4 is 41.2 Å². The monoisotopic (exact) mass is 1300 g/mol. The van der Waals surface area contributed by atoms with Gasteiger partial charge in [-0.25, -0.2) is 0 Å². The number of aliphatic hydroxyl groups excluding tert-OH is 8. The maximum atomic E-state index is 14.3. The lowest BCUT2D eigenvalue weighted by Crippen LogP contribution is -2.64. The van der Waals surface area contributed by atoms with Crippen LogP contribution in [0.5, 0.6) is 17.2 Å². The summed E-state index contributed by atoms with van der Waals surface area (Å²) in [6.45, 7) is 5.53. The number of carbonyl (C=O) groups excluding carboxylic acids is 8. The standard InChI is InChI=1S/C36H53N7O20S.C22H24N2O3/c1-12-6-20(48)32(55)41-34(57)26-27(50)13(2)10-43(26)36(59)24(19(47)9-22(37)49)39-33(56)25(29(52)28(51)15-4-5-18(46)21(7-15)63-64(60,61)62)40-31(54)17-8-16(45)11-42(17)35(58)23(14(3)44)38-30(12)53;1-3-4-5-14-26-19-12-10-17(11-13-19)21-15-20(24-27-21)16-6-8-18(9-7-16)22(25)23-2/h4-5,7,12-14,16-17,19-20,23-29,32,44-48,50-52,55H,6,8-11H2,1-3H3,(H2,37,49)(H,38,53)(H,39,56)(H,40,54)(H,41,57)(H,60,61,62);6-13,15H,3-5,14H2,1-2H3,(H,23,25). The van der Waals surface area contributed by atoms with Gasteiger partial charge in [0.2, 0.25) is 41.4 Å². The number of hydrogen-bond donors (Lipinski definition) is 16. The Morgan fingerprint density at radius 3 is 2.02 bits per heavy atom. The predicted octanol–water partition coefficient (Wildman–Crippen LogP) is -3.02. The molecule has 17 N–H and O–H groups in total. The fraction of sp³-hybridized carbons (Fsp3) is 0.500. The van der Waals surface area contributed by atoms with Crippen molar-refractivity contribution in [3.63, 3.8) is 0 Å². The summed E-state index contributed by atoms with van der Waals surface area (Å²) in [5, 5.41) is 113. The summed E-state index contributed by atoms with van der Waals surface area (Å²) in [5.41, 5.74) is 7.88. The van der Waals surface area contributed by atoms with E-state index >= 15 is 0 Å². The summed E-state index contributed by atoms with van der Waals surface area (Å²) >= 11 is 0. The Kier molecular flexibility index (Phi) is 24.9. The number of unbranched alkanes of at least 4 members (excludes halogenated alkanes) is 2. The first-order chi connectivity index (χ1) is 42.8. The second-order valence-corrected chi connectivity index (χ2v) is 23.4. The topological polar surface area (TPSA) is 510 Å². The Morgan fingerprint density at radius 2 is 1.41 bits per heavy atom. The molecule has 3 aliphatic rings. The van der Waals surface area contributed by atoms with Gasteiger partial charge in [-0.15, -0.1) is 0 Å². The predicted molar refractivity (Wildman–Crippen MR) is 315 cm³/mol. The molecule has 498 valence electrons. The number of phenols is 1. The van der Waals surface area contributed by atoms with Crippen molar-refractivity contribution in [2.24, 2.45) is 17.6 Å². The zero-order chi connectivity index (χ0) is 67.3. The minimum Gasteiger partial charge on any atom is -0.504 e. The van der Waals surface area contributed by atoms with Crippen LogP contribution in [-0.2, 0) is 44.0 Å². The first-order valence-electron chi connectivity index (χ1n) is 28.9. The van der Waals surface area contributed by atoms with Crippen LogP contribution in [0.2, 0.25) is 0 Å². The van der Waals surface area contributed by atoms with Crippen molar-refractivity contribution < 1.29 is 111 Å². The molecule has 3 aromatic carbocycles. The smallest absolute Gasteiger partial charge is 0.446 e. The van der Waals surface area contributed by atoms with Crippen LogP contribution in [-0.4, -0.2) is 221 Å². The molecule has 7 rings (SSSR count). The number of carbonyl (C=O) groups is 8. The molecule has 3 fully saturated rings. The third-order valence-electron chi connectivity index (χ3n) is 15.3. The first-order valence-corrected chi connectivity index (χ1v) is 30.3. The van der Waals surface area contributed by atoms with E-state index in [0.717, 1.165) is 54.7 Å². The lowest BCUT2D eigenvalue weighted by atomic mass is 9.96. The average molecular weight is 1300 g/mol. The molecule has 0 saturated carbocycles. The van der Waals surface area contributed by atoms with Gasteiger partial charge in [0, 0.05) is 61.2 Å². The molecule has 3 aliphatic heterocycles. The van der Waals surface area contributed by atoms with Crippen molar-refractivity contribution in [3.8, 4) is 39.8 Å². The van der Waals surface area contributed by atoms with Gasteiger partial charge in [-0.2, -0.15) is 8.42 Å². The molecule has 3 saturated heterocycles. The number of aromatic nitrogens is 1. The number of hydrogen-bond acceptors (Lipinski definition) is 23. The molecule has 8 amide bonds. The van der Waals surface area contributed by atoms with Gasteiger partial charge >= 0.3 is 10.4 Å². The van der Waals surface area contributed by atoms with Gasteiger partial charge in [0.05, 0.1) is 43.5 Å². The molecule has 0 bridgehead atoms. The number of amides is 8. The number of nitrogens with two attached hydrogens (primary N) is 1. The number of primary amides is 1. The number of nitrogens with one attached hydrogen (secondary N) is 5. The third-order valence-corrected chi connectivity index (χ3v) is 15.7. The molecule has 91 heavy (non-hydrogen) atoms. The molecule has 1 aromatic heterocycles. The molecule has 4 aromatic rings. The van der Waals surface area contributed by atoms with E-state index in [9.17, 15) is 92.7 Å². The summed E-state index contributed by atoms with van der Waals surface area (Å²) in [4.78, 5) is 109. The number of aromatic hydroxyl groups is 1. The molecule has 15 atom stereocenters. The van der Waals surface area contributed by atoms with Gasteiger partial charge in [-0.1, -0.05) is 57.0 Å². The second-order valence-electron chi connectivity index (χ2n) is 22.4. The van der Waals surface area contributed by atoms with Gasteiger partial charge < -0.3 is 102 Å². The van der Waals surface area contributed by atoms with Crippen molar-refractivity contribution in [1.29, 1.82) is 0 Å². The van der Waals surface area contributed by atoms with Gasteiger partial charge in [0.25, 0.3) is 5.91 Å². The maximum Gasteiger partial charge on any atom is 0.446 e. The summed E-state index contributed by atoms with van der Waals surface area (Å²) in [7, 11) is -3.69. The SMILES string of the molecule is CC1CC(O)C(O)NC(=O)C2C(O)C(C)CN2C(=O)C(C(O)CC(N)=O)NC(=O)C(C(O)C(O)c2ccc(O)c(OS(=O)(=O)O)c2)NC(=O)C2CC(O)CN2C(=O)C(C(C)O)NC1=O.CCCCCOc1ccc(-c2cc(-c3ccc(C(=O)NC)cc3)no2)cc1. The molecule has 15 unspecified atom stereocenters. The molecule has 0 aliphatic carbocycles. The number of ether oxygens (including phenoxy) is 1. The summed E-state index contributed by atoms with van der Waals surface area (Å²) in [6, 6.07) is 8.75. The third kappa shape index (κ3) is 18.6. The fourth-order valence-electron chi connectivity index (χ4n) is 10.3. The Bertz CT molecular complexity index is 3340. The molecule has 32 nitrogen and oxygen atoms in total. The zero-order valence-corrected chi connectivity index (χ0v) is 50.9. The van der Waals surface area contributed by atoms with Crippen LogP contribution in [0.3, 0.4) is 0 Å². The molecule has 0 radical (unpaired) electrons. The van der Waals surface area contributed by atoms with Crippen molar-refractivity contribution in [2.75, 3.05) is 26.7 Å². The number of phenolic OH excluding ortho intramolecular Hbond substituents is 1. The molecule has 33 heteroatoms. The van der Waals surface area contributed by atoms with E-state index < -0.39 is 192 Å². The number of fused-ring (bicyclic) bond motifs is 2. The van der Waals surface area contributed by atoms with Gasteiger partial charge in [0.1, 0.15) is 53.9 Å². The summed E-state index contributed by atoms with van der Waals surface area (Å²) in [5.74, 6) is -11.8. The van der Waals surface area contributed by atoms with Crippen LogP contribution in [0.25, 0.3) is 22.6 Å². The van der Waals surface area contributed by atoms with E-state index in [0.29, 0.717) is 27.2 Å². The number of benzene rings is 3. The lowest BCUT2D eigenvalue weighted by Gasteiger charge is -2.34. The van der Waals surface area contributed by atoms with Crippen LogP contribution in [0.4, 0.5) is 0 Å². The van der Waals surface area contributed by atoms with Gasteiger partial charge in [-0.05, 0) is 73.9 Å².